The fraction of sp³-hybridized carbons (Fsp3) is 0.273. The molecule has 0 saturated carbocycles. The molecule has 3 rings (SSSR count). The Hall–Kier alpha value is -3.90. The van der Waals surface area contributed by atoms with Gasteiger partial charge < -0.3 is 30.7 Å². The molecule has 0 aliphatic carbocycles. The van der Waals surface area contributed by atoms with Gasteiger partial charge >= 0.3 is 0 Å². The molecule has 180 valence electrons. The van der Waals surface area contributed by atoms with Crippen LogP contribution >= 0.6 is 11.5 Å². The van der Waals surface area contributed by atoms with E-state index in [0.29, 0.717) is 23.0 Å². The topological polar surface area (TPSA) is 163 Å². The van der Waals surface area contributed by atoms with Crippen molar-refractivity contribution in [3.8, 4) is 5.75 Å². The molecule has 2 heterocycles. The highest BCUT2D eigenvalue weighted by molar-refractivity contribution is 7.09. The summed E-state index contributed by atoms with van der Waals surface area (Å²) < 4.78 is 20.2. The first-order valence-electron chi connectivity index (χ1n) is 10.1. The zero-order valence-corrected chi connectivity index (χ0v) is 19.7. The number of nitrogen functional groups attached to an aromatic ring is 1. The number of nitrogens with one attached hydrogen (secondary N) is 1. The Morgan fingerprint density at radius 2 is 1.94 bits per heavy atom. The van der Waals surface area contributed by atoms with E-state index in [9.17, 15) is 14.4 Å². The second kappa shape index (κ2) is 10.8. The average molecular weight is 488 g/mol. The van der Waals surface area contributed by atoms with Crippen molar-refractivity contribution < 1.29 is 28.3 Å². The molecule has 0 aliphatic heterocycles. The maximum atomic E-state index is 13.9. The van der Waals surface area contributed by atoms with Crippen molar-refractivity contribution in [1.82, 2.24) is 9.69 Å². The van der Waals surface area contributed by atoms with Crippen molar-refractivity contribution in [1.29, 1.82) is 0 Å². The maximum Gasteiger partial charge on any atom is 0.273 e. The molecule has 0 aliphatic rings. The third-order valence-corrected chi connectivity index (χ3v) is 5.71. The van der Waals surface area contributed by atoms with Crippen molar-refractivity contribution in [2.75, 3.05) is 38.0 Å². The zero-order chi connectivity index (χ0) is 24.8. The summed E-state index contributed by atoms with van der Waals surface area (Å²) in [6, 6.07) is 8.73. The van der Waals surface area contributed by atoms with Gasteiger partial charge in [0.1, 0.15) is 22.1 Å². The number of aryl methyl sites for hydroxylation is 1. The number of hydrogen-bond donors (Lipinski definition) is 3. The number of rotatable bonds is 10. The summed E-state index contributed by atoms with van der Waals surface area (Å²) in [5.41, 5.74) is 11.2. The number of hydrogen-bond acceptors (Lipinski definition) is 9. The van der Waals surface area contributed by atoms with E-state index in [4.69, 9.17) is 25.4 Å². The summed E-state index contributed by atoms with van der Waals surface area (Å²) in [4.78, 5) is 40.1. The van der Waals surface area contributed by atoms with E-state index in [1.54, 1.807) is 43.3 Å². The number of carbonyl (C=O) groups excluding carboxylic acids is 3. The molecule has 1 atom stereocenters. The maximum absolute atomic E-state index is 13.9. The van der Waals surface area contributed by atoms with Gasteiger partial charge in [-0.25, -0.2) is 0 Å². The number of anilines is 2. The van der Waals surface area contributed by atoms with Gasteiger partial charge in [0, 0.05) is 13.7 Å². The fourth-order valence-corrected chi connectivity index (χ4v) is 4.02. The van der Waals surface area contributed by atoms with Gasteiger partial charge in [0.25, 0.3) is 17.7 Å². The largest absolute Gasteiger partial charge is 0.495 e. The molecule has 0 fully saturated rings. The molecular weight excluding hydrogens is 462 g/mol. The second-order valence-electron chi connectivity index (χ2n) is 7.12. The lowest BCUT2D eigenvalue weighted by Gasteiger charge is -2.30. The molecule has 34 heavy (non-hydrogen) atoms. The van der Waals surface area contributed by atoms with E-state index in [1.165, 1.54) is 19.1 Å². The van der Waals surface area contributed by atoms with Crippen LogP contribution in [0.1, 0.15) is 37.7 Å². The molecular formula is C22H25N5O6S. The number of primary amides is 1. The first-order valence-corrected chi connectivity index (χ1v) is 10.9. The molecule has 0 bridgehead atoms. The standard InChI is InChI=1S/C22H25N5O6S/c1-12-8-9-15(33-12)18(21(29)25-10-11-31-2)27(13-6-4-5-7-14(13)32-3)22(30)19-16(23)17(20(24)28)26-34-19/h4-9,18H,10-11,23H2,1-3H3,(H2,24,28)(H,25,29). The highest BCUT2D eigenvalue weighted by Gasteiger charge is 2.38. The summed E-state index contributed by atoms with van der Waals surface area (Å²) in [6.45, 7) is 2.19. The van der Waals surface area contributed by atoms with Crippen LogP contribution in [-0.2, 0) is 9.53 Å². The molecule has 0 spiro atoms. The van der Waals surface area contributed by atoms with Crippen LogP contribution in [0.3, 0.4) is 0 Å². The number of benzene rings is 1. The first-order chi connectivity index (χ1) is 16.3. The zero-order valence-electron chi connectivity index (χ0n) is 18.9. The van der Waals surface area contributed by atoms with E-state index in [2.05, 4.69) is 9.69 Å². The monoisotopic (exact) mass is 487 g/mol. The normalized spacial score (nSPS) is 11.6. The van der Waals surface area contributed by atoms with Gasteiger partial charge in [0.15, 0.2) is 11.7 Å². The lowest BCUT2D eigenvalue weighted by Crippen LogP contribution is -2.44. The number of ether oxygens (including phenoxy) is 2. The predicted octanol–water partition coefficient (Wildman–Crippen LogP) is 1.88. The Labute approximate surface area is 199 Å². The van der Waals surface area contributed by atoms with Crippen molar-refractivity contribution in [2.24, 2.45) is 5.73 Å². The number of nitrogens with zero attached hydrogens (tertiary/aromatic N) is 2. The fourth-order valence-electron chi connectivity index (χ4n) is 3.28. The molecule has 1 unspecified atom stereocenters. The van der Waals surface area contributed by atoms with E-state index in [1.807, 2.05) is 0 Å². The van der Waals surface area contributed by atoms with Crippen molar-refractivity contribution in [2.45, 2.75) is 13.0 Å². The molecule has 12 heteroatoms. The van der Waals surface area contributed by atoms with Crippen LogP contribution in [-0.4, -0.2) is 49.5 Å². The van der Waals surface area contributed by atoms with Crippen LogP contribution < -0.4 is 26.4 Å². The first kappa shape index (κ1) is 24.7. The number of para-hydroxylation sites is 2. The van der Waals surface area contributed by atoms with Gasteiger partial charge in [-0.2, -0.15) is 4.37 Å². The lowest BCUT2D eigenvalue weighted by atomic mass is 10.1. The Balaban J connectivity index is 2.20. The van der Waals surface area contributed by atoms with E-state index in [0.717, 1.165) is 0 Å². The van der Waals surface area contributed by atoms with Gasteiger partial charge in [0.05, 0.1) is 25.1 Å². The van der Waals surface area contributed by atoms with Crippen molar-refractivity contribution in [3.63, 3.8) is 0 Å². The Kier molecular flexibility index (Phi) is 7.87. The number of amides is 3. The third kappa shape index (κ3) is 5.02. The highest BCUT2D eigenvalue weighted by Crippen LogP contribution is 2.38. The number of nitrogens with two attached hydrogens (primary N) is 2. The third-order valence-electron chi connectivity index (χ3n) is 4.86. The quantitative estimate of drug-likeness (QED) is 0.365. The van der Waals surface area contributed by atoms with Crippen LogP contribution in [0.4, 0.5) is 11.4 Å². The van der Waals surface area contributed by atoms with Gasteiger partial charge in [-0.1, -0.05) is 12.1 Å². The van der Waals surface area contributed by atoms with E-state index >= 15 is 0 Å². The predicted molar refractivity (Wildman–Crippen MR) is 126 cm³/mol. The van der Waals surface area contributed by atoms with Gasteiger partial charge in [-0.15, -0.1) is 0 Å². The Bertz CT molecular complexity index is 1190. The molecule has 3 aromatic rings. The van der Waals surface area contributed by atoms with Crippen LogP contribution in [0.5, 0.6) is 5.75 Å². The molecule has 5 N–H and O–H groups in total. The molecule has 11 nitrogen and oxygen atoms in total. The lowest BCUT2D eigenvalue weighted by molar-refractivity contribution is -0.123. The van der Waals surface area contributed by atoms with E-state index in [-0.39, 0.29) is 40.9 Å². The number of carbonyl (C=O) groups is 3. The average Bonchev–Trinajstić information content (AvgIpc) is 3.42. The van der Waals surface area contributed by atoms with Gasteiger partial charge in [0.2, 0.25) is 0 Å². The van der Waals surface area contributed by atoms with Crippen molar-refractivity contribution in [3.05, 3.63) is 58.5 Å². The summed E-state index contributed by atoms with van der Waals surface area (Å²) in [7, 11) is 2.95. The highest BCUT2D eigenvalue weighted by atomic mass is 32.1. The number of methoxy groups -OCH3 is 2. The minimum Gasteiger partial charge on any atom is -0.495 e. The van der Waals surface area contributed by atoms with Crippen LogP contribution in [0.15, 0.2) is 40.8 Å². The summed E-state index contributed by atoms with van der Waals surface area (Å²) in [5, 5.41) is 2.75. The molecule has 2 aromatic heterocycles. The van der Waals surface area contributed by atoms with Crippen LogP contribution in [0, 0.1) is 6.92 Å². The number of furan rings is 1. The summed E-state index contributed by atoms with van der Waals surface area (Å²) >= 11 is 0.710. The van der Waals surface area contributed by atoms with Crippen LogP contribution in [0.25, 0.3) is 0 Å². The van der Waals surface area contributed by atoms with Gasteiger partial charge in [-0.3, -0.25) is 19.3 Å². The minimum absolute atomic E-state index is 0.0577. The van der Waals surface area contributed by atoms with Crippen LogP contribution in [0.2, 0.25) is 0 Å². The second-order valence-corrected chi connectivity index (χ2v) is 7.89. The summed E-state index contributed by atoms with van der Waals surface area (Å²) in [6.07, 6.45) is 0. The molecule has 1 aromatic carbocycles. The molecule has 0 radical (unpaired) electrons. The van der Waals surface area contributed by atoms with Crippen molar-refractivity contribution >= 4 is 40.6 Å². The van der Waals surface area contributed by atoms with Gasteiger partial charge in [-0.05, 0) is 42.7 Å². The minimum atomic E-state index is -1.24. The molecule has 3 amide bonds. The summed E-state index contributed by atoms with van der Waals surface area (Å²) in [5.74, 6) is -0.994. The smallest absolute Gasteiger partial charge is 0.273 e. The Morgan fingerprint density at radius 3 is 2.53 bits per heavy atom. The Morgan fingerprint density at radius 1 is 1.21 bits per heavy atom. The SMILES string of the molecule is COCCNC(=O)C(c1ccc(C)o1)N(C(=O)c1snc(C(N)=O)c1N)c1ccccc1OC. The van der Waals surface area contributed by atoms with E-state index < -0.39 is 23.8 Å². The molecule has 0 saturated heterocycles. The number of aromatic nitrogens is 1.